The Bertz CT molecular complexity index is 944. The van der Waals surface area contributed by atoms with Crippen molar-refractivity contribution in [1.82, 2.24) is 10.6 Å². The molecule has 7 nitrogen and oxygen atoms in total. The Morgan fingerprint density at radius 2 is 1.58 bits per heavy atom. The van der Waals surface area contributed by atoms with Crippen molar-refractivity contribution in [2.45, 2.75) is 51.1 Å². The summed E-state index contributed by atoms with van der Waals surface area (Å²) in [6.07, 6.45) is -0.192. The summed E-state index contributed by atoms with van der Waals surface area (Å²) < 4.78 is 5.48. The van der Waals surface area contributed by atoms with E-state index in [9.17, 15) is 19.5 Å². The maximum atomic E-state index is 12.5. The first-order valence-corrected chi connectivity index (χ1v) is 10.5. The minimum Gasteiger partial charge on any atom is -0.480 e. The van der Waals surface area contributed by atoms with Crippen LogP contribution in [0.3, 0.4) is 0 Å². The van der Waals surface area contributed by atoms with Gasteiger partial charge in [0.05, 0.1) is 0 Å². The van der Waals surface area contributed by atoms with Crippen molar-refractivity contribution in [1.29, 1.82) is 0 Å². The third-order valence-electron chi connectivity index (χ3n) is 5.94. The molecular formula is C24H28N2O5. The van der Waals surface area contributed by atoms with Gasteiger partial charge in [0.2, 0.25) is 5.91 Å². The Hall–Kier alpha value is -3.35. The summed E-state index contributed by atoms with van der Waals surface area (Å²) in [7, 11) is 0. The zero-order valence-corrected chi connectivity index (χ0v) is 18.0. The Morgan fingerprint density at radius 1 is 1.03 bits per heavy atom. The SMILES string of the molecule is CC[C@H](NC(=O)OCC1c2ccccc2-c2ccccc21)C(=O)NC(C)(CC)C(=O)O. The molecule has 2 atom stereocenters. The van der Waals surface area contributed by atoms with Crippen LogP contribution >= 0.6 is 0 Å². The van der Waals surface area contributed by atoms with Crippen LogP contribution in [-0.2, 0) is 14.3 Å². The van der Waals surface area contributed by atoms with Gasteiger partial charge in [0.25, 0.3) is 0 Å². The van der Waals surface area contributed by atoms with Crippen LogP contribution in [0, 0.1) is 0 Å². The first-order chi connectivity index (χ1) is 14.8. The van der Waals surface area contributed by atoms with Crippen LogP contribution in [-0.4, -0.2) is 41.3 Å². The lowest BCUT2D eigenvalue weighted by Crippen LogP contribution is -2.57. The number of rotatable bonds is 8. The summed E-state index contributed by atoms with van der Waals surface area (Å²) >= 11 is 0. The van der Waals surface area contributed by atoms with Gasteiger partial charge in [0, 0.05) is 5.92 Å². The highest BCUT2D eigenvalue weighted by molar-refractivity contribution is 5.91. The van der Waals surface area contributed by atoms with Gasteiger partial charge in [0.15, 0.2) is 0 Å². The lowest BCUT2D eigenvalue weighted by atomic mass is 9.98. The van der Waals surface area contributed by atoms with E-state index >= 15 is 0 Å². The second-order valence-electron chi connectivity index (χ2n) is 7.91. The average Bonchev–Trinajstić information content (AvgIpc) is 3.09. The van der Waals surface area contributed by atoms with Crippen LogP contribution < -0.4 is 10.6 Å². The molecule has 0 saturated heterocycles. The number of aliphatic carboxylic acids is 1. The molecule has 164 valence electrons. The summed E-state index contributed by atoms with van der Waals surface area (Å²) in [5.74, 6) is -1.76. The number of hydrogen-bond acceptors (Lipinski definition) is 4. The van der Waals surface area contributed by atoms with Crippen LogP contribution in [0.4, 0.5) is 4.79 Å². The fraction of sp³-hybridized carbons (Fsp3) is 0.375. The molecule has 0 bridgehead atoms. The first-order valence-electron chi connectivity index (χ1n) is 10.5. The van der Waals surface area contributed by atoms with Gasteiger partial charge < -0.3 is 20.5 Å². The maximum Gasteiger partial charge on any atom is 0.407 e. The molecule has 2 aromatic rings. The predicted octanol–water partition coefficient (Wildman–Crippen LogP) is 3.67. The normalized spacial score (nSPS) is 15.2. The van der Waals surface area contributed by atoms with Crippen molar-refractivity contribution in [3.8, 4) is 11.1 Å². The molecule has 1 aliphatic carbocycles. The third-order valence-corrected chi connectivity index (χ3v) is 5.94. The van der Waals surface area contributed by atoms with Crippen LogP contribution in [0.25, 0.3) is 11.1 Å². The number of carbonyl (C=O) groups excluding carboxylic acids is 2. The largest absolute Gasteiger partial charge is 0.480 e. The molecule has 0 fully saturated rings. The zero-order valence-electron chi connectivity index (χ0n) is 18.0. The topological polar surface area (TPSA) is 105 Å². The molecule has 1 unspecified atom stereocenters. The Kier molecular flexibility index (Phi) is 6.63. The molecule has 2 amide bonds. The van der Waals surface area contributed by atoms with Gasteiger partial charge in [-0.15, -0.1) is 0 Å². The van der Waals surface area contributed by atoms with E-state index in [4.69, 9.17) is 4.74 Å². The van der Waals surface area contributed by atoms with Crippen molar-refractivity contribution in [3.63, 3.8) is 0 Å². The van der Waals surface area contributed by atoms with Gasteiger partial charge in [-0.2, -0.15) is 0 Å². The molecule has 7 heteroatoms. The van der Waals surface area contributed by atoms with E-state index in [-0.39, 0.29) is 18.9 Å². The van der Waals surface area contributed by atoms with Gasteiger partial charge in [0.1, 0.15) is 18.2 Å². The molecule has 0 saturated carbocycles. The predicted molar refractivity (Wildman–Crippen MR) is 117 cm³/mol. The summed E-state index contributed by atoms with van der Waals surface area (Å²) in [6.45, 7) is 4.99. The molecular weight excluding hydrogens is 396 g/mol. The average molecular weight is 424 g/mol. The van der Waals surface area contributed by atoms with Crippen LogP contribution in [0.5, 0.6) is 0 Å². The van der Waals surface area contributed by atoms with Crippen molar-refractivity contribution < 1.29 is 24.2 Å². The maximum absolute atomic E-state index is 12.5. The van der Waals surface area contributed by atoms with Crippen LogP contribution in [0.1, 0.15) is 50.7 Å². The molecule has 31 heavy (non-hydrogen) atoms. The molecule has 0 radical (unpaired) electrons. The molecule has 0 aliphatic heterocycles. The van der Waals surface area contributed by atoms with Gasteiger partial charge in [-0.3, -0.25) is 4.79 Å². The minimum atomic E-state index is -1.40. The highest BCUT2D eigenvalue weighted by Crippen LogP contribution is 2.44. The second-order valence-corrected chi connectivity index (χ2v) is 7.91. The zero-order chi connectivity index (χ0) is 22.6. The lowest BCUT2D eigenvalue weighted by Gasteiger charge is -2.27. The number of fused-ring (bicyclic) bond motifs is 3. The number of carboxylic acid groups (broad SMARTS) is 1. The van der Waals surface area contributed by atoms with Crippen molar-refractivity contribution >= 4 is 18.0 Å². The van der Waals surface area contributed by atoms with E-state index in [1.54, 1.807) is 13.8 Å². The molecule has 2 aromatic carbocycles. The van der Waals surface area contributed by atoms with Gasteiger partial charge in [-0.05, 0) is 42.0 Å². The van der Waals surface area contributed by atoms with Crippen molar-refractivity contribution in [3.05, 3.63) is 59.7 Å². The Morgan fingerprint density at radius 3 is 2.06 bits per heavy atom. The van der Waals surface area contributed by atoms with E-state index < -0.39 is 29.6 Å². The summed E-state index contributed by atoms with van der Waals surface area (Å²) in [5.41, 5.74) is 3.06. The third kappa shape index (κ3) is 4.55. The van der Waals surface area contributed by atoms with Gasteiger partial charge in [-0.25, -0.2) is 9.59 Å². The molecule has 3 N–H and O–H groups in total. The Balaban J connectivity index is 1.64. The molecule has 3 rings (SSSR count). The van der Waals surface area contributed by atoms with Crippen LogP contribution in [0.2, 0.25) is 0 Å². The second kappa shape index (κ2) is 9.20. The summed E-state index contributed by atoms with van der Waals surface area (Å²) in [4.78, 5) is 36.4. The summed E-state index contributed by atoms with van der Waals surface area (Å²) in [6, 6.07) is 15.2. The van der Waals surface area contributed by atoms with E-state index in [0.717, 1.165) is 22.3 Å². The minimum absolute atomic E-state index is 0.0811. The van der Waals surface area contributed by atoms with Gasteiger partial charge >= 0.3 is 12.1 Å². The fourth-order valence-electron chi connectivity index (χ4n) is 3.79. The standard InChI is InChI=1S/C24H28N2O5/c1-4-20(21(27)26-24(3,5-2)22(28)29)25-23(30)31-14-19-17-12-8-6-10-15(17)16-11-7-9-13-18(16)19/h6-13,19-20H,4-5,14H2,1-3H3,(H,25,30)(H,26,27)(H,28,29)/t20-,24?/m0/s1. The summed E-state index contributed by atoms with van der Waals surface area (Å²) in [5, 5.41) is 14.4. The number of carboxylic acids is 1. The number of alkyl carbamates (subject to hydrolysis) is 1. The lowest BCUT2D eigenvalue weighted by molar-refractivity contribution is -0.147. The van der Waals surface area contributed by atoms with Crippen LogP contribution in [0.15, 0.2) is 48.5 Å². The van der Waals surface area contributed by atoms with E-state index in [1.807, 2.05) is 36.4 Å². The highest BCUT2D eigenvalue weighted by Gasteiger charge is 2.35. The number of nitrogens with one attached hydrogen (secondary N) is 2. The van der Waals surface area contributed by atoms with Gasteiger partial charge in [-0.1, -0.05) is 62.4 Å². The molecule has 1 aliphatic rings. The molecule has 0 aromatic heterocycles. The number of amides is 2. The Labute approximate surface area is 181 Å². The number of benzene rings is 2. The monoisotopic (exact) mass is 424 g/mol. The fourth-order valence-corrected chi connectivity index (χ4v) is 3.79. The smallest absolute Gasteiger partial charge is 0.407 e. The first kappa shape index (κ1) is 22.3. The van der Waals surface area contributed by atoms with E-state index in [1.165, 1.54) is 6.92 Å². The number of ether oxygens (including phenoxy) is 1. The van der Waals surface area contributed by atoms with Crippen molar-refractivity contribution in [2.24, 2.45) is 0 Å². The van der Waals surface area contributed by atoms with E-state index in [2.05, 4.69) is 22.8 Å². The van der Waals surface area contributed by atoms with Crippen molar-refractivity contribution in [2.75, 3.05) is 6.61 Å². The molecule has 0 spiro atoms. The molecule has 0 heterocycles. The quantitative estimate of drug-likeness (QED) is 0.600. The highest BCUT2D eigenvalue weighted by atomic mass is 16.5. The number of carbonyl (C=O) groups is 3. The van der Waals surface area contributed by atoms with E-state index in [0.29, 0.717) is 6.42 Å². The number of hydrogen-bond donors (Lipinski definition) is 3.